The van der Waals surface area contributed by atoms with Gasteiger partial charge in [0.05, 0.1) is 19.9 Å². The van der Waals surface area contributed by atoms with E-state index in [2.05, 4.69) is 10.5 Å². The fourth-order valence-electron chi connectivity index (χ4n) is 1.87. The van der Waals surface area contributed by atoms with Crippen LogP contribution in [0, 0.1) is 0 Å². The van der Waals surface area contributed by atoms with E-state index < -0.39 is 0 Å². The zero-order valence-corrected chi connectivity index (χ0v) is 12.6. The van der Waals surface area contributed by atoms with Crippen molar-refractivity contribution in [3.05, 3.63) is 59.7 Å². The summed E-state index contributed by atoms with van der Waals surface area (Å²) in [7, 11) is 1.59. The Kier molecular flexibility index (Phi) is 5.54. The van der Waals surface area contributed by atoms with E-state index in [0.29, 0.717) is 17.9 Å². The number of hydrogen-bond acceptors (Lipinski definition) is 4. The standard InChI is InChI=1S/C17H18N2O3/c1-3-22-15-10-8-13(9-11-15)17(20)19-18-12-14-6-4-5-7-16(14)21-2/h4-12H,3H2,1-2H3,(H,19,20). The van der Waals surface area contributed by atoms with Crippen molar-refractivity contribution in [3.63, 3.8) is 0 Å². The molecule has 5 nitrogen and oxygen atoms in total. The van der Waals surface area contributed by atoms with Gasteiger partial charge in [-0.05, 0) is 43.3 Å². The number of para-hydroxylation sites is 1. The zero-order chi connectivity index (χ0) is 15.8. The molecular weight excluding hydrogens is 280 g/mol. The summed E-state index contributed by atoms with van der Waals surface area (Å²) < 4.78 is 10.5. The predicted octanol–water partition coefficient (Wildman–Crippen LogP) is 2.86. The summed E-state index contributed by atoms with van der Waals surface area (Å²) in [4.78, 5) is 12.0. The van der Waals surface area contributed by atoms with Crippen LogP contribution >= 0.6 is 0 Å². The lowest BCUT2D eigenvalue weighted by molar-refractivity contribution is 0.0955. The number of ether oxygens (including phenoxy) is 2. The van der Waals surface area contributed by atoms with Gasteiger partial charge < -0.3 is 9.47 Å². The maximum Gasteiger partial charge on any atom is 0.271 e. The Morgan fingerprint density at radius 3 is 2.59 bits per heavy atom. The number of carbonyl (C=O) groups excluding carboxylic acids is 1. The fourth-order valence-corrected chi connectivity index (χ4v) is 1.87. The van der Waals surface area contributed by atoms with Crippen LogP contribution in [0.2, 0.25) is 0 Å². The Morgan fingerprint density at radius 1 is 1.18 bits per heavy atom. The van der Waals surface area contributed by atoms with Gasteiger partial charge in [0.1, 0.15) is 11.5 Å². The number of benzene rings is 2. The van der Waals surface area contributed by atoms with Gasteiger partial charge in [-0.2, -0.15) is 5.10 Å². The molecule has 0 aliphatic carbocycles. The van der Waals surface area contributed by atoms with Crippen LogP contribution in [0.15, 0.2) is 53.6 Å². The lowest BCUT2D eigenvalue weighted by Gasteiger charge is -2.05. The number of nitrogens with one attached hydrogen (secondary N) is 1. The van der Waals surface area contributed by atoms with Crippen LogP contribution in [0.4, 0.5) is 0 Å². The number of hydrogen-bond donors (Lipinski definition) is 1. The molecule has 2 aromatic rings. The van der Waals surface area contributed by atoms with E-state index in [1.165, 1.54) is 0 Å². The van der Waals surface area contributed by atoms with Crippen molar-refractivity contribution in [1.29, 1.82) is 0 Å². The molecule has 0 aliphatic heterocycles. The van der Waals surface area contributed by atoms with Crippen LogP contribution in [0.25, 0.3) is 0 Å². The van der Waals surface area contributed by atoms with E-state index in [9.17, 15) is 4.79 Å². The second-order valence-corrected chi connectivity index (χ2v) is 4.40. The summed E-state index contributed by atoms with van der Waals surface area (Å²) in [6.45, 7) is 2.50. The number of hydrazone groups is 1. The van der Waals surface area contributed by atoms with Crippen molar-refractivity contribution in [2.45, 2.75) is 6.92 Å². The minimum atomic E-state index is -0.283. The molecule has 0 saturated carbocycles. The maximum absolute atomic E-state index is 12.0. The normalized spacial score (nSPS) is 10.5. The first-order valence-electron chi connectivity index (χ1n) is 6.94. The van der Waals surface area contributed by atoms with Gasteiger partial charge in [-0.25, -0.2) is 5.43 Å². The zero-order valence-electron chi connectivity index (χ0n) is 12.6. The number of methoxy groups -OCH3 is 1. The average Bonchev–Trinajstić information content (AvgIpc) is 2.56. The molecule has 0 spiro atoms. The minimum absolute atomic E-state index is 0.283. The van der Waals surface area contributed by atoms with Crippen LogP contribution in [0.1, 0.15) is 22.8 Å². The quantitative estimate of drug-likeness (QED) is 0.659. The smallest absolute Gasteiger partial charge is 0.271 e. The monoisotopic (exact) mass is 298 g/mol. The second-order valence-electron chi connectivity index (χ2n) is 4.40. The summed E-state index contributed by atoms with van der Waals surface area (Å²) in [6.07, 6.45) is 1.55. The first-order valence-corrected chi connectivity index (χ1v) is 6.94. The third-order valence-electron chi connectivity index (χ3n) is 2.94. The first kappa shape index (κ1) is 15.6. The Balaban J connectivity index is 1.98. The average molecular weight is 298 g/mol. The van der Waals surface area contributed by atoms with E-state index in [1.54, 1.807) is 37.6 Å². The molecule has 22 heavy (non-hydrogen) atoms. The van der Waals surface area contributed by atoms with E-state index in [-0.39, 0.29) is 5.91 Å². The molecule has 0 heterocycles. The van der Waals surface area contributed by atoms with Crippen LogP contribution in [0.5, 0.6) is 11.5 Å². The first-order chi connectivity index (χ1) is 10.7. The van der Waals surface area contributed by atoms with Gasteiger partial charge in [0.2, 0.25) is 0 Å². The van der Waals surface area contributed by atoms with E-state index in [0.717, 1.165) is 11.3 Å². The van der Waals surface area contributed by atoms with Gasteiger partial charge in [0.25, 0.3) is 5.91 Å². The SMILES string of the molecule is CCOc1ccc(C(=O)NN=Cc2ccccc2OC)cc1. The third-order valence-corrected chi connectivity index (χ3v) is 2.94. The Bertz CT molecular complexity index is 651. The lowest BCUT2D eigenvalue weighted by atomic mass is 10.2. The molecule has 0 aromatic heterocycles. The van der Waals surface area contributed by atoms with Crippen molar-refractivity contribution >= 4 is 12.1 Å². The molecule has 0 saturated heterocycles. The van der Waals surface area contributed by atoms with Gasteiger partial charge in [0, 0.05) is 11.1 Å². The molecule has 0 aliphatic rings. The summed E-state index contributed by atoms with van der Waals surface area (Å²) in [6, 6.07) is 14.3. The third kappa shape index (κ3) is 4.09. The summed E-state index contributed by atoms with van der Waals surface area (Å²) >= 11 is 0. The molecule has 2 rings (SSSR count). The topological polar surface area (TPSA) is 59.9 Å². The van der Waals surface area contributed by atoms with Crippen LogP contribution in [-0.2, 0) is 0 Å². The molecule has 0 bridgehead atoms. The van der Waals surface area contributed by atoms with Crippen molar-refractivity contribution in [2.24, 2.45) is 5.10 Å². The largest absolute Gasteiger partial charge is 0.496 e. The van der Waals surface area contributed by atoms with Crippen molar-refractivity contribution < 1.29 is 14.3 Å². The number of carbonyl (C=O) groups is 1. The van der Waals surface area contributed by atoms with Crippen LogP contribution in [-0.4, -0.2) is 25.8 Å². The Labute approximate surface area is 129 Å². The van der Waals surface area contributed by atoms with Gasteiger partial charge in [-0.1, -0.05) is 12.1 Å². The van der Waals surface area contributed by atoms with Gasteiger partial charge in [-0.15, -0.1) is 0 Å². The van der Waals surface area contributed by atoms with Crippen LogP contribution < -0.4 is 14.9 Å². The molecule has 0 fully saturated rings. The summed E-state index contributed by atoms with van der Waals surface area (Å²) in [5, 5.41) is 3.95. The Morgan fingerprint density at radius 2 is 1.91 bits per heavy atom. The molecule has 114 valence electrons. The molecular formula is C17H18N2O3. The number of nitrogens with zero attached hydrogens (tertiary/aromatic N) is 1. The highest BCUT2D eigenvalue weighted by molar-refractivity contribution is 5.95. The second kappa shape index (κ2) is 7.83. The van der Waals surface area contributed by atoms with Crippen molar-refractivity contribution in [2.75, 3.05) is 13.7 Å². The predicted molar refractivity (Wildman–Crippen MR) is 85.7 cm³/mol. The van der Waals surface area contributed by atoms with E-state index >= 15 is 0 Å². The van der Waals surface area contributed by atoms with E-state index in [1.807, 2.05) is 31.2 Å². The fraction of sp³-hybridized carbons (Fsp3) is 0.176. The van der Waals surface area contributed by atoms with Crippen LogP contribution in [0.3, 0.4) is 0 Å². The minimum Gasteiger partial charge on any atom is -0.496 e. The van der Waals surface area contributed by atoms with E-state index in [4.69, 9.17) is 9.47 Å². The Hall–Kier alpha value is -2.82. The van der Waals surface area contributed by atoms with Gasteiger partial charge in [0.15, 0.2) is 0 Å². The lowest BCUT2D eigenvalue weighted by Crippen LogP contribution is -2.17. The molecule has 0 radical (unpaired) electrons. The summed E-state index contributed by atoms with van der Waals surface area (Å²) in [5.41, 5.74) is 3.79. The molecule has 1 amide bonds. The van der Waals surface area contributed by atoms with Crippen molar-refractivity contribution in [3.8, 4) is 11.5 Å². The highest BCUT2D eigenvalue weighted by Crippen LogP contribution is 2.14. The highest BCUT2D eigenvalue weighted by atomic mass is 16.5. The molecule has 0 atom stereocenters. The molecule has 5 heteroatoms. The van der Waals surface area contributed by atoms with Gasteiger partial charge >= 0.3 is 0 Å². The number of amides is 1. The number of rotatable bonds is 6. The van der Waals surface area contributed by atoms with Gasteiger partial charge in [-0.3, -0.25) is 4.79 Å². The maximum atomic E-state index is 12.0. The molecule has 1 N–H and O–H groups in total. The molecule has 2 aromatic carbocycles. The summed E-state index contributed by atoms with van der Waals surface area (Å²) in [5.74, 6) is 1.15. The molecule has 0 unspecified atom stereocenters. The highest BCUT2D eigenvalue weighted by Gasteiger charge is 2.04. The van der Waals surface area contributed by atoms with Crippen molar-refractivity contribution in [1.82, 2.24) is 5.43 Å².